The molecule has 0 aliphatic carbocycles. The van der Waals surface area contributed by atoms with Crippen LogP contribution in [0.2, 0.25) is 0 Å². The van der Waals surface area contributed by atoms with E-state index < -0.39 is 36.0 Å². The maximum absolute atomic E-state index is 15.0. The zero-order chi connectivity index (χ0) is 28.0. The first-order chi connectivity index (χ1) is 18.3. The van der Waals surface area contributed by atoms with Gasteiger partial charge in [0.15, 0.2) is 11.6 Å². The predicted octanol–water partition coefficient (Wildman–Crippen LogP) is 4.41. The summed E-state index contributed by atoms with van der Waals surface area (Å²) in [4.78, 5) is 5.00. The number of rotatable bonds is 6. The standard InChI is InChI=1S/C30H29BFNO6/c1-28(2)29(3,4)39-31(38-28)23-18-22(17-21-15-16-24(32)27(25(21)23)37-30(34,35)36)33-26(19-11-7-5-8-12-19)20-13-9-6-10-14-20/h5-18,34-36H,1-4H3. The molecule has 0 saturated carbocycles. The number of ether oxygens (including phenoxy) is 1. The van der Waals surface area contributed by atoms with Crippen LogP contribution in [0.25, 0.3) is 10.8 Å². The van der Waals surface area contributed by atoms with Gasteiger partial charge in [-0.05, 0) is 56.7 Å². The summed E-state index contributed by atoms with van der Waals surface area (Å²) >= 11 is 0. The van der Waals surface area contributed by atoms with E-state index in [1.807, 2.05) is 88.4 Å². The highest BCUT2D eigenvalue weighted by atomic mass is 19.1. The highest BCUT2D eigenvalue weighted by molar-refractivity contribution is 6.65. The van der Waals surface area contributed by atoms with Crippen molar-refractivity contribution in [3.8, 4) is 5.75 Å². The van der Waals surface area contributed by atoms with E-state index in [9.17, 15) is 15.3 Å². The summed E-state index contributed by atoms with van der Waals surface area (Å²) in [5.41, 5.74) is 1.95. The minimum atomic E-state index is -3.60. The van der Waals surface area contributed by atoms with Gasteiger partial charge in [0.25, 0.3) is 0 Å². The van der Waals surface area contributed by atoms with Gasteiger partial charge >= 0.3 is 13.3 Å². The van der Waals surface area contributed by atoms with Gasteiger partial charge in [-0.3, -0.25) is 0 Å². The molecule has 7 nitrogen and oxygen atoms in total. The van der Waals surface area contributed by atoms with E-state index in [1.165, 1.54) is 6.07 Å². The second-order valence-electron chi connectivity index (χ2n) is 10.5. The predicted molar refractivity (Wildman–Crippen MR) is 148 cm³/mol. The smallest absolute Gasteiger partial charge is 0.413 e. The molecule has 4 aromatic rings. The summed E-state index contributed by atoms with van der Waals surface area (Å²) in [5.74, 6) is -1.47. The molecule has 1 aliphatic rings. The number of hydrogen-bond donors (Lipinski definition) is 3. The van der Waals surface area contributed by atoms with Gasteiger partial charge in [0.2, 0.25) is 0 Å². The van der Waals surface area contributed by atoms with E-state index >= 15 is 4.39 Å². The van der Waals surface area contributed by atoms with Gasteiger partial charge in [0, 0.05) is 16.5 Å². The van der Waals surface area contributed by atoms with Crippen molar-refractivity contribution < 1.29 is 33.8 Å². The van der Waals surface area contributed by atoms with Crippen molar-refractivity contribution in [2.45, 2.75) is 45.1 Å². The highest BCUT2D eigenvalue weighted by Gasteiger charge is 2.52. The van der Waals surface area contributed by atoms with Crippen molar-refractivity contribution in [1.82, 2.24) is 0 Å². The minimum Gasteiger partial charge on any atom is -0.413 e. The summed E-state index contributed by atoms with van der Waals surface area (Å²) < 4.78 is 32.4. The lowest BCUT2D eigenvalue weighted by atomic mass is 9.75. The van der Waals surface area contributed by atoms with Crippen molar-refractivity contribution in [2.24, 2.45) is 4.99 Å². The molecule has 1 saturated heterocycles. The maximum Gasteiger partial charge on any atom is 0.495 e. The van der Waals surface area contributed by atoms with Crippen LogP contribution in [0.4, 0.5) is 10.1 Å². The van der Waals surface area contributed by atoms with Crippen molar-refractivity contribution in [2.75, 3.05) is 0 Å². The topological polar surface area (TPSA) is 101 Å². The van der Waals surface area contributed by atoms with Crippen LogP contribution >= 0.6 is 0 Å². The van der Waals surface area contributed by atoms with Crippen molar-refractivity contribution in [3.63, 3.8) is 0 Å². The maximum atomic E-state index is 15.0. The molecule has 0 aromatic heterocycles. The van der Waals surface area contributed by atoms with Crippen LogP contribution in [0.3, 0.4) is 0 Å². The van der Waals surface area contributed by atoms with E-state index in [0.29, 0.717) is 22.2 Å². The van der Waals surface area contributed by atoms with Crippen LogP contribution in [0.1, 0.15) is 38.8 Å². The number of aliphatic imine (C=N–C) groups is 1. The second kappa shape index (κ2) is 9.86. The average molecular weight is 529 g/mol. The summed E-state index contributed by atoms with van der Waals surface area (Å²) in [7, 11) is -0.973. The molecule has 39 heavy (non-hydrogen) atoms. The molecule has 5 rings (SSSR count). The number of halogens is 1. The third-order valence-electron chi connectivity index (χ3n) is 7.12. The third kappa shape index (κ3) is 5.45. The molecule has 1 fully saturated rings. The van der Waals surface area contributed by atoms with Crippen LogP contribution in [0, 0.1) is 5.82 Å². The number of nitrogens with zero attached hydrogens (tertiary/aromatic N) is 1. The van der Waals surface area contributed by atoms with Gasteiger partial charge in [0.1, 0.15) is 0 Å². The van der Waals surface area contributed by atoms with Gasteiger partial charge in [0.05, 0.1) is 22.6 Å². The second-order valence-corrected chi connectivity index (χ2v) is 10.5. The van der Waals surface area contributed by atoms with Crippen LogP contribution in [0.15, 0.2) is 89.9 Å². The van der Waals surface area contributed by atoms with Crippen molar-refractivity contribution >= 4 is 34.8 Å². The lowest BCUT2D eigenvalue weighted by Gasteiger charge is -2.32. The Labute approximate surface area is 226 Å². The molecule has 9 heteroatoms. The fourth-order valence-corrected chi connectivity index (χ4v) is 4.50. The molecular weight excluding hydrogens is 500 g/mol. The highest BCUT2D eigenvalue weighted by Crippen LogP contribution is 2.39. The zero-order valence-electron chi connectivity index (χ0n) is 22.1. The average Bonchev–Trinajstić information content (AvgIpc) is 3.10. The first kappa shape index (κ1) is 27.0. The molecule has 4 aromatic carbocycles. The quantitative estimate of drug-likeness (QED) is 0.194. The Morgan fingerprint density at radius 1 is 0.821 bits per heavy atom. The molecule has 0 unspecified atom stereocenters. The summed E-state index contributed by atoms with van der Waals surface area (Å²) in [6.07, 6.45) is -3.60. The number of hydrogen-bond acceptors (Lipinski definition) is 7. The Hall–Kier alpha value is -3.60. The van der Waals surface area contributed by atoms with E-state index in [1.54, 1.807) is 12.1 Å². The van der Waals surface area contributed by atoms with Gasteiger partial charge < -0.3 is 29.4 Å². The van der Waals surface area contributed by atoms with Gasteiger partial charge in [-0.25, -0.2) is 9.38 Å². The van der Waals surface area contributed by atoms with Crippen LogP contribution in [-0.2, 0) is 9.31 Å². The molecule has 3 N–H and O–H groups in total. The van der Waals surface area contributed by atoms with Gasteiger partial charge in [-0.2, -0.15) is 0 Å². The summed E-state index contributed by atoms with van der Waals surface area (Å²) in [5, 5.41) is 29.2. The number of benzene rings is 4. The summed E-state index contributed by atoms with van der Waals surface area (Å²) in [6.45, 7) is 7.55. The molecule has 1 aliphatic heterocycles. The Morgan fingerprint density at radius 2 is 1.36 bits per heavy atom. The van der Waals surface area contributed by atoms with Crippen LogP contribution in [-0.4, -0.2) is 45.5 Å². The van der Waals surface area contributed by atoms with E-state index in [2.05, 4.69) is 0 Å². The first-order valence-corrected chi connectivity index (χ1v) is 12.5. The zero-order valence-corrected chi connectivity index (χ0v) is 22.1. The SMILES string of the molecule is CC1(C)OB(c2cc(N=C(c3ccccc3)c3ccccc3)cc3ccc(F)c(OC(O)(O)O)c23)OC1(C)C. The van der Waals surface area contributed by atoms with Crippen LogP contribution in [0.5, 0.6) is 5.75 Å². The lowest BCUT2D eigenvalue weighted by Crippen LogP contribution is -2.41. The fourth-order valence-electron chi connectivity index (χ4n) is 4.50. The Bertz CT molecular complexity index is 1480. The van der Waals surface area contributed by atoms with Gasteiger partial charge in [-0.1, -0.05) is 66.7 Å². The molecule has 0 bridgehead atoms. The normalized spacial score (nSPS) is 16.4. The van der Waals surface area contributed by atoms with E-state index in [0.717, 1.165) is 17.2 Å². The first-order valence-electron chi connectivity index (χ1n) is 12.5. The summed E-state index contributed by atoms with van der Waals surface area (Å²) in [6, 6.07) is 25.5. The third-order valence-corrected chi connectivity index (χ3v) is 7.12. The van der Waals surface area contributed by atoms with E-state index in [-0.39, 0.29) is 5.39 Å². The van der Waals surface area contributed by atoms with E-state index in [4.69, 9.17) is 19.0 Å². The molecule has 0 radical (unpaired) electrons. The largest absolute Gasteiger partial charge is 0.495 e. The van der Waals surface area contributed by atoms with Crippen LogP contribution < -0.4 is 10.2 Å². The Kier molecular flexibility index (Phi) is 6.82. The minimum absolute atomic E-state index is 0.148. The monoisotopic (exact) mass is 529 g/mol. The lowest BCUT2D eigenvalue weighted by molar-refractivity contribution is -0.419. The van der Waals surface area contributed by atoms with Gasteiger partial charge in [-0.15, -0.1) is 0 Å². The Balaban J connectivity index is 1.77. The molecule has 0 spiro atoms. The molecule has 0 atom stereocenters. The molecular formula is C30H29BFNO6. The molecule has 200 valence electrons. The van der Waals surface area contributed by atoms with Crippen molar-refractivity contribution in [3.05, 3.63) is 102 Å². The van der Waals surface area contributed by atoms with Crippen molar-refractivity contribution in [1.29, 1.82) is 0 Å². The fraction of sp³-hybridized carbons (Fsp3) is 0.233. The molecule has 1 heterocycles. The molecule has 0 amide bonds. The Morgan fingerprint density at radius 3 is 1.87 bits per heavy atom. The number of aliphatic hydroxyl groups is 3. The number of fused-ring (bicyclic) bond motifs is 1.